The number of hydrogen-bond donors (Lipinski definition) is 0. The van der Waals surface area contributed by atoms with Crippen LogP contribution in [0.15, 0.2) is 46.9 Å². The van der Waals surface area contributed by atoms with E-state index in [1.807, 2.05) is 6.07 Å². The van der Waals surface area contributed by atoms with Crippen molar-refractivity contribution in [3.05, 3.63) is 69.7 Å². The third-order valence-electron chi connectivity index (χ3n) is 2.50. The number of ketones is 1. The van der Waals surface area contributed by atoms with Crippen molar-refractivity contribution >= 4 is 21.7 Å². The van der Waals surface area contributed by atoms with Gasteiger partial charge in [-0.15, -0.1) is 0 Å². The van der Waals surface area contributed by atoms with Crippen molar-refractivity contribution in [3.8, 4) is 0 Å². The molecule has 18 heavy (non-hydrogen) atoms. The van der Waals surface area contributed by atoms with Crippen molar-refractivity contribution in [3.63, 3.8) is 0 Å². The molecule has 0 aliphatic heterocycles. The summed E-state index contributed by atoms with van der Waals surface area (Å²) >= 11 is 3.28. The zero-order chi connectivity index (χ0) is 13.1. The molecule has 0 aromatic heterocycles. The summed E-state index contributed by atoms with van der Waals surface area (Å²) in [6, 6.07) is 10.5. The fourth-order valence-corrected chi connectivity index (χ4v) is 2.13. The number of hydrogen-bond acceptors (Lipinski definition) is 1. The monoisotopic (exact) mass is 310 g/mol. The number of benzene rings is 2. The van der Waals surface area contributed by atoms with Crippen LogP contribution in [-0.2, 0) is 6.42 Å². The van der Waals surface area contributed by atoms with E-state index in [0.717, 1.165) is 16.6 Å². The molecule has 0 atom stereocenters. The van der Waals surface area contributed by atoms with Crippen LogP contribution in [0.1, 0.15) is 15.9 Å². The van der Waals surface area contributed by atoms with Crippen LogP contribution in [-0.4, -0.2) is 5.78 Å². The van der Waals surface area contributed by atoms with Crippen LogP contribution in [0.25, 0.3) is 0 Å². The van der Waals surface area contributed by atoms with E-state index in [2.05, 4.69) is 15.9 Å². The summed E-state index contributed by atoms with van der Waals surface area (Å²) in [6.07, 6.45) is -0.0305. The van der Waals surface area contributed by atoms with E-state index in [9.17, 15) is 13.6 Å². The molecule has 0 aliphatic carbocycles. The lowest BCUT2D eigenvalue weighted by Gasteiger charge is -2.04. The van der Waals surface area contributed by atoms with Gasteiger partial charge in [0.05, 0.1) is 5.56 Å². The molecule has 2 aromatic carbocycles. The third-order valence-corrected chi connectivity index (χ3v) is 2.99. The standard InChI is InChI=1S/C14H9BrF2O/c15-10-4-1-3-9(7-10)8-13(18)14-11(16)5-2-6-12(14)17/h1-7H,8H2. The maximum absolute atomic E-state index is 13.4. The molecule has 0 spiro atoms. The SMILES string of the molecule is O=C(Cc1cccc(Br)c1)c1c(F)cccc1F. The first-order valence-electron chi connectivity index (χ1n) is 5.29. The zero-order valence-corrected chi connectivity index (χ0v) is 10.9. The number of carbonyl (C=O) groups is 1. The highest BCUT2D eigenvalue weighted by molar-refractivity contribution is 9.10. The van der Waals surface area contributed by atoms with Crippen LogP contribution >= 0.6 is 15.9 Å². The molecule has 0 bridgehead atoms. The Kier molecular flexibility index (Phi) is 3.87. The first-order chi connectivity index (χ1) is 8.58. The third kappa shape index (κ3) is 2.82. The zero-order valence-electron chi connectivity index (χ0n) is 9.29. The minimum absolute atomic E-state index is 0.0305. The average molecular weight is 311 g/mol. The van der Waals surface area contributed by atoms with Crippen molar-refractivity contribution in [2.45, 2.75) is 6.42 Å². The van der Waals surface area contributed by atoms with Gasteiger partial charge < -0.3 is 0 Å². The highest BCUT2D eigenvalue weighted by Crippen LogP contribution is 2.17. The number of halogens is 3. The summed E-state index contributed by atoms with van der Waals surface area (Å²) < 4.78 is 27.6. The molecule has 0 saturated heterocycles. The minimum atomic E-state index is -0.824. The van der Waals surface area contributed by atoms with Gasteiger partial charge in [0, 0.05) is 10.9 Å². The average Bonchev–Trinajstić information content (AvgIpc) is 2.28. The van der Waals surface area contributed by atoms with Gasteiger partial charge in [0.2, 0.25) is 0 Å². The van der Waals surface area contributed by atoms with Crippen LogP contribution in [0.5, 0.6) is 0 Å². The molecule has 2 rings (SSSR count). The van der Waals surface area contributed by atoms with Gasteiger partial charge in [-0.2, -0.15) is 0 Å². The molecule has 92 valence electrons. The lowest BCUT2D eigenvalue weighted by molar-refractivity contribution is 0.0985. The summed E-state index contributed by atoms with van der Waals surface area (Å²) in [4.78, 5) is 11.9. The highest BCUT2D eigenvalue weighted by atomic mass is 79.9. The van der Waals surface area contributed by atoms with Gasteiger partial charge >= 0.3 is 0 Å². The lowest BCUT2D eigenvalue weighted by atomic mass is 10.0. The lowest BCUT2D eigenvalue weighted by Crippen LogP contribution is -2.09. The molecule has 2 aromatic rings. The summed E-state index contributed by atoms with van der Waals surface area (Å²) in [6.45, 7) is 0. The molecule has 0 radical (unpaired) electrons. The Morgan fingerprint density at radius 3 is 2.28 bits per heavy atom. The maximum Gasteiger partial charge on any atom is 0.173 e. The number of carbonyl (C=O) groups excluding carboxylic acids is 1. The second kappa shape index (κ2) is 5.40. The van der Waals surface area contributed by atoms with Crippen molar-refractivity contribution in [2.75, 3.05) is 0 Å². The van der Waals surface area contributed by atoms with Crippen molar-refractivity contribution < 1.29 is 13.6 Å². The molecule has 1 nitrogen and oxygen atoms in total. The molecule has 4 heteroatoms. The molecule has 0 unspecified atom stereocenters. The van der Waals surface area contributed by atoms with E-state index in [-0.39, 0.29) is 6.42 Å². The van der Waals surface area contributed by atoms with Gasteiger partial charge in [-0.3, -0.25) is 4.79 Å². The van der Waals surface area contributed by atoms with E-state index >= 15 is 0 Å². The topological polar surface area (TPSA) is 17.1 Å². The van der Waals surface area contributed by atoms with Crippen LogP contribution in [0.4, 0.5) is 8.78 Å². The van der Waals surface area contributed by atoms with Crippen LogP contribution < -0.4 is 0 Å². The van der Waals surface area contributed by atoms with Gasteiger partial charge in [-0.25, -0.2) is 8.78 Å². The molecule has 0 aliphatic rings. The molecule has 0 fully saturated rings. The van der Waals surface area contributed by atoms with Gasteiger partial charge in [-0.05, 0) is 29.8 Å². The Balaban J connectivity index is 2.28. The predicted octanol–water partition coefficient (Wildman–Crippen LogP) is 4.15. The van der Waals surface area contributed by atoms with Crippen molar-refractivity contribution in [2.24, 2.45) is 0 Å². The molecular formula is C14H9BrF2O. The largest absolute Gasteiger partial charge is 0.294 e. The van der Waals surface area contributed by atoms with Gasteiger partial charge in [-0.1, -0.05) is 34.1 Å². The normalized spacial score (nSPS) is 10.4. The predicted molar refractivity (Wildman–Crippen MR) is 68.5 cm³/mol. The van der Waals surface area contributed by atoms with Crippen molar-refractivity contribution in [1.29, 1.82) is 0 Å². The molecule has 0 amide bonds. The molecular weight excluding hydrogens is 302 g/mol. The summed E-state index contributed by atoms with van der Waals surface area (Å²) in [5.41, 5.74) is 0.231. The van der Waals surface area contributed by atoms with Crippen LogP contribution in [0.3, 0.4) is 0 Å². The maximum atomic E-state index is 13.4. The van der Waals surface area contributed by atoms with E-state index < -0.39 is 23.0 Å². The fraction of sp³-hybridized carbons (Fsp3) is 0.0714. The Morgan fingerprint density at radius 2 is 1.67 bits per heavy atom. The van der Waals surface area contributed by atoms with E-state index in [1.165, 1.54) is 6.07 Å². The molecule has 0 saturated carbocycles. The smallest absolute Gasteiger partial charge is 0.173 e. The van der Waals surface area contributed by atoms with Gasteiger partial charge in [0.15, 0.2) is 5.78 Å². The summed E-state index contributed by atoms with van der Waals surface area (Å²) in [7, 11) is 0. The second-order valence-electron chi connectivity index (χ2n) is 3.83. The number of Topliss-reactive ketones (excluding diaryl/α,β-unsaturated/α-hetero) is 1. The Bertz CT molecular complexity index is 576. The number of rotatable bonds is 3. The van der Waals surface area contributed by atoms with E-state index in [1.54, 1.807) is 18.2 Å². The quantitative estimate of drug-likeness (QED) is 0.778. The summed E-state index contributed by atoms with van der Waals surface area (Å²) in [5.74, 6) is -2.21. The minimum Gasteiger partial charge on any atom is -0.294 e. The first kappa shape index (κ1) is 12.9. The Hall–Kier alpha value is -1.55. The molecule has 0 heterocycles. The fourth-order valence-electron chi connectivity index (χ4n) is 1.68. The Morgan fingerprint density at radius 1 is 1.06 bits per heavy atom. The van der Waals surface area contributed by atoms with E-state index in [4.69, 9.17) is 0 Å². The second-order valence-corrected chi connectivity index (χ2v) is 4.74. The van der Waals surface area contributed by atoms with Gasteiger partial charge in [0.25, 0.3) is 0 Å². The van der Waals surface area contributed by atoms with Crippen LogP contribution in [0, 0.1) is 11.6 Å². The Labute approximate surface area is 112 Å². The highest BCUT2D eigenvalue weighted by Gasteiger charge is 2.17. The summed E-state index contributed by atoms with van der Waals surface area (Å²) in [5, 5.41) is 0. The van der Waals surface area contributed by atoms with Crippen molar-refractivity contribution in [1.82, 2.24) is 0 Å². The molecule has 0 N–H and O–H groups in total. The van der Waals surface area contributed by atoms with Crippen LogP contribution in [0.2, 0.25) is 0 Å². The first-order valence-corrected chi connectivity index (χ1v) is 6.09. The van der Waals surface area contributed by atoms with E-state index in [0.29, 0.717) is 5.56 Å². The van der Waals surface area contributed by atoms with Gasteiger partial charge in [0.1, 0.15) is 11.6 Å².